The zero-order valence-electron chi connectivity index (χ0n) is 9.83. The van der Waals surface area contributed by atoms with E-state index >= 15 is 0 Å². The van der Waals surface area contributed by atoms with Gasteiger partial charge in [-0.25, -0.2) is 4.98 Å². The summed E-state index contributed by atoms with van der Waals surface area (Å²) in [6.45, 7) is 1.92. The van der Waals surface area contributed by atoms with Crippen LogP contribution in [0.3, 0.4) is 0 Å². The van der Waals surface area contributed by atoms with E-state index in [1.165, 1.54) is 12.1 Å². The Morgan fingerprint density at radius 3 is 2.67 bits per heavy atom. The van der Waals surface area contributed by atoms with Gasteiger partial charge in [-0.1, -0.05) is 25.1 Å². The molecule has 0 radical (unpaired) electrons. The molecule has 96 valence electrons. The summed E-state index contributed by atoms with van der Waals surface area (Å²) < 4.78 is 38.0. The Morgan fingerprint density at radius 1 is 1.33 bits per heavy atom. The third-order valence-electron chi connectivity index (χ3n) is 2.87. The van der Waals surface area contributed by atoms with E-state index in [-0.39, 0.29) is 5.92 Å². The Balaban J connectivity index is 2.38. The maximum absolute atomic E-state index is 12.7. The zero-order valence-corrected chi connectivity index (χ0v) is 9.83. The minimum atomic E-state index is -4.31. The fraction of sp³-hybridized carbons (Fsp3) is 0.308. The van der Waals surface area contributed by atoms with E-state index < -0.39 is 11.7 Å². The third-order valence-corrected chi connectivity index (χ3v) is 2.87. The molecule has 0 spiro atoms. The lowest BCUT2D eigenvalue weighted by Crippen LogP contribution is -2.08. The molecule has 1 atom stereocenters. The predicted octanol–water partition coefficient (Wildman–Crippen LogP) is 3.97. The molecule has 0 aliphatic heterocycles. The molecule has 1 aromatic heterocycles. The first-order chi connectivity index (χ1) is 8.52. The van der Waals surface area contributed by atoms with Gasteiger partial charge in [0.2, 0.25) is 0 Å². The molecule has 1 N–H and O–H groups in total. The number of alkyl halides is 3. The monoisotopic (exact) mass is 254 g/mol. The Hall–Kier alpha value is -1.78. The van der Waals surface area contributed by atoms with E-state index in [4.69, 9.17) is 0 Å². The summed E-state index contributed by atoms with van der Waals surface area (Å²) in [4.78, 5) is 7.07. The number of nitrogens with zero attached hydrogens (tertiary/aromatic N) is 1. The summed E-state index contributed by atoms with van der Waals surface area (Å²) in [5, 5.41) is 0. The van der Waals surface area contributed by atoms with Crippen LogP contribution in [0.5, 0.6) is 0 Å². The average molecular weight is 254 g/mol. The SMILES string of the molecule is CC[C@H](c1cccc(C(F)(F)F)c1)c1ncc[nH]1. The lowest BCUT2D eigenvalue weighted by molar-refractivity contribution is -0.137. The number of aromatic nitrogens is 2. The van der Waals surface area contributed by atoms with Crippen molar-refractivity contribution in [2.75, 3.05) is 0 Å². The van der Waals surface area contributed by atoms with E-state index in [0.29, 0.717) is 17.8 Å². The van der Waals surface area contributed by atoms with Crippen LogP contribution in [0.1, 0.15) is 36.2 Å². The molecule has 1 aromatic carbocycles. The van der Waals surface area contributed by atoms with Crippen LogP contribution in [0.4, 0.5) is 13.2 Å². The van der Waals surface area contributed by atoms with Crippen molar-refractivity contribution in [2.24, 2.45) is 0 Å². The largest absolute Gasteiger partial charge is 0.416 e. The highest BCUT2D eigenvalue weighted by molar-refractivity contribution is 5.31. The van der Waals surface area contributed by atoms with Gasteiger partial charge in [-0.05, 0) is 18.1 Å². The van der Waals surface area contributed by atoms with Crippen molar-refractivity contribution >= 4 is 0 Å². The number of hydrogen-bond acceptors (Lipinski definition) is 1. The first-order valence-corrected chi connectivity index (χ1v) is 5.68. The normalized spacial score (nSPS) is 13.6. The molecule has 18 heavy (non-hydrogen) atoms. The Kier molecular flexibility index (Phi) is 3.41. The van der Waals surface area contributed by atoms with Gasteiger partial charge in [0.25, 0.3) is 0 Å². The highest BCUT2D eigenvalue weighted by atomic mass is 19.4. The number of halogens is 3. The molecular formula is C13H13F3N2. The van der Waals surface area contributed by atoms with Gasteiger partial charge in [-0.2, -0.15) is 13.2 Å². The molecule has 2 nitrogen and oxygen atoms in total. The molecular weight excluding hydrogens is 241 g/mol. The molecule has 0 aliphatic rings. The van der Waals surface area contributed by atoms with Crippen molar-refractivity contribution in [3.8, 4) is 0 Å². The fourth-order valence-electron chi connectivity index (χ4n) is 1.99. The molecule has 2 rings (SSSR count). The van der Waals surface area contributed by atoms with Gasteiger partial charge >= 0.3 is 6.18 Å². The molecule has 0 fully saturated rings. The van der Waals surface area contributed by atoms with E-state index in [1.807, 2.05) is 6.92 Å². The topological polar surface area (TPSA) is 28.7 Å². The highest BCUT2D eigenvalue weighted by Crippen LogP contribution is 2.33. The van der Waals surface area contributed by atoms with Gasteiger partial charge in [0, 0.05) is 18.3 Å². The highest BCUT2D eigenvalue weighted by Gasteiger charge is 2.31. The molecule has 0 aliphatic carbocycles. The van der Waals surface area contributed by atoms with Gasteiger partial charge in [-0.3, -0.25) is 0 Å². The molecule has 0 amide bonds. The Labute approximate surface area is 103 Å². The third kappa shape index (κ3) is 2.55. The minimum Gasteiger partial charge on any atom is -0.348 e. The molecule has 0 bridgehead atoms. The van der Waals surface area contributed by atoms with Gasteiger partial charge < -0.3 is 4.98 Å². The van der Waals surface area contributed by atoms with Gasteiger partial charge in [0.1, 0.15) is 5.82 Å². The minimum absolute atomic E-state index is 0.137. The summed E-state index contributed by atoms with van der Waals surface area (Å²) in [6.07, 6.45) is -0.344. The van der Waals surface area contributed by atoms with Crippen LogP contribution in [-0.2, 0) is 6.18 Å². The molecule has 0 unspecified atom stereocenters. The molecule has 1 heterocycles. The molecule has 5 heteroatoms. The Morgan fingerprint density at radius 2 is 2.11 bits per heavy atom. The number of imidazole rings is 1. The van der Waals surface area contributed by atoms with Gasteiger partial charge in [0.05, 0.1) is 5.56 Å². The number of nitrogens with one attached hydrogen (secondary N) is 1. The summed E-state index contributed by atoms with van der Waals surface area (Å²) in [5.41, 5.74) is 0.00674. The lowest BCUT2D eigenvalue weighted by atomic mass is 9.94. The van der Waals surface area contributed by atoms with Gasteiger partial charge in [0.15, 0.2) is 0 Å². The van der Waals surface area contributed by atoms with Crippen LogP contribution < -0.4 is 0 Å². The van der Waals surface area contributed by atoms with Crippen molar-refractivity contribution in [1.82, 2.24) is 9.97 Å². The van der Waals surface area contributed by atoms with E-state index in [9.17, 15) is 13.2 Å². The molecule has 2 aromatic rings. The smallest absolute Gasteiger partial charge is 0.348 e. The zero-order chi connectivity index (χ0) is 13.2. The number of aromatic amines is 1. The van der Waals surface area contributed by atoms with E-state index in [0.717, 1.165) is 6.07 Å². The van der Waals surface area contributed by atoms with Crippen molar-refractivity contribution in [3.05, 3.63) is 53.6 Å². The van der Waals surface area contributed by atoms with Crippen molar-refractivity contribution in [3.63, 3.8) is 0 Å². The first-order valence-electron chi connectivity index (χ1n) is 5.68. The summed E-state index contributed by atoms with van der Waals surface area (Å²) in [6, 6.07) is 5.41. The predicted molar refractivity (Wildman–Crippen MR) is 62.2 cm³/mol. The van der Waals surface area contributed by atoms with E-state index in [1.54, 1.807) is 18.5 Å². The van der Waals surface area contributed by atoms with Crippen molar-refractivity contribution < 1.29 is 13.2 Å². The quantitative estimate of drug-likeness (QED) is 0.882. The molecule has 0 saturated carbocycles. The average Bonchev–Trinajstić information content (AvgIpc) is 2.83. The lowest BCUT2D eigenvalue weighted by Gasteiger charge is -2.15. The van der Waals surface area contributed by atoms with Crippen LogP contribution in [-0.4, -0.2) is 9.97 Å². The van der Waals surface area contributed by atoms with Crippen LogP contribution in [0, 0.1) is 0 Å². The number of benzene rings is 1. The fourth-order valence-corrected chi connectivity index (χ4v) is 1.99. The maximum Gasteiger partial charge on any atom is 0.416 e. The van der Waals surface area contributed by atoms with Crippen LogP contribution in [0.15, 0.2) is 36.7 Å². The van der Waals surface area contributed by atoms with Crippen molar-refractivity contribution in [1.29, 1.82) is 0 Å². The summed E-state index contributed by atoms with van der Waals surface area (Å²) in [5.74, 6) is 0.555. The van der Waals surface area contributed by atoms with Crippen LogP contribution in [0.25, 0.3) is 0 Å². The number of rotatable bonds is 3. The van der Waals surface area contributed by atoms with Crippen LogP contribution in [0.2, 0.25) is 0 Å². The van der Waals surface area contributed by atoms with Crippen molar-refractivity contribution in [2.45, 2.75) is 25.4 Å². The summed E-state index contributed by atoms with van der Waals surface area (Å²) in [7, 11) is 0. The molecule has 0 saturated heterocycles. The summed E-state index contributed by atoms with van der Waals surface area (Å²) >= 11 is 0. The maximum atomic E-state index is 12.7. The van der Waals surface area contributed by atoms with Gasteiger partial charge in [-0.15, -0.1) is 0 Å². The standard InChI is InChI=1S/C13H13F3N2/c1-2-11(12-17-6-7-18-12)9-4-3-5-10(8-9)13(14,15)16/h3-8,11H,2H2,1H3,(H,17,18)/t11-/m1/s1. The second-order valence-corrected chi connectivity index (χ2v) is 4.06. The van der Waals surface area contributed by atoms with Crippen LogP contribution >= 0.6 is 0 Å². The van der Waals surface area contributed by atoms with E-state index in [2.05, 4.69) is 9.97 Å². The number of H-pyrrole nitrogens is 1. The second kappa shape index (κ2) is 4.84. The first kappa shape index (κ1) is 12.7. The second-order valence-electron chi connectivity index (χ2n) is 4.06. The number of hydrogen-bond donors (Lipinski definition) is 1. The Bertz CT molecular complexity index is 503.